The maximum absolute atomic E-state index is 9.49. The van der Waals surface area contributed by atoms with Crippen LogP contribution in [0.1, 0.15) is 26.2 Å². The lowest BCUT2D eigenvalue weighted by molar-refractivity contribution is 0.0114. The van der Waals surface area contributed by atoms with Crippen LogP contribution in [0.5, 0.6) is 0 Å². The molecule has 0 aromatic carbocycles. The van der Waals surface area contributed by atoms with Gasteiger partial charge in [-0.2, -0.15) is 0 Å². The molecule has 4 heteroatoms. The molecule has 14 heavy (non-hydrogen) atoms. The summed E-state index contributed by atoms with van der Waals surface area (Å²) in [6.45, 7) is 5.94. The Labute approximate surface area is 92.3 Å². The predicted octanol–water partition coefficient (Wildman–Crippen LogP) is 0.617. The molecule has 2 aliphatic rings. The summed E-state index contributed by atoms with van der Waals surface area (Å²) in [5, 5.41) is 12.8. The van der Waals surface area contributed by atoms with Gasteiger partial charge in [-0.1, -0.05) is 6.92 Å². The zero-order valence-electron chi connectivity index (χ0n) is 8.83. The average molecular weight is 221 g/mol. The molecule has 3 nitrogen and oxygen atoms in total. The van der Waals surface area contributed by atoms with E-state index in [9.17, 15) is 5.11 Å². The van der Waals surface area contributed by atoms with Crippen LogP contribution in [0.25, 0.3) is 0 Å². The molecule has 2 heterocycles. The molecule has 2 fully saturated rings. The topological polar surface area (TPSA) is 35.5 Å². The highest BCUT2D eigenvalue weighted by Crippen LogP contribution is 2.34. The normalized spacial score (nSPS) is 33.9. The zero-order valence-corrected chi connectivity index (χ0v) is 9.65. The van der Waals surface area contributed by atoms with Gasteiger partial charge in [0.15, 0.2) is 0 Å². The zero-order chi connectivity index (χ0) is 9.31. The lowest BCUT2D eigenvalue weighted by atomic mass is 9.92. The number of aliphatic hydroxyl groups is 1. The van der Waals surface area contributed by atoms with Crippen molar-refractivity contribution in [3.63, 3.8) is 0 Å². The molecule has 2 saturated heterocycles. The van der Waals surface area contributed by atoms with E-state index in [1.54, 1.807) is 0 Å². The molecule has 2 rings (SSSR count). The van der Waals surface area contributed by atoms with Gasteiger partial charge in [-0.05, 0) is 25.8 Å². The highest BCUT2D eigenvalue weighted by molar-refractivity contribution is 5.85. The van der Waals surface area contributed by atoms with E-state index in [1.165, 1.54) is 19.4 Å². The summed E-state index contributed by atoms with van der Waals surface area (Å²) < 4.78 is 0. The number of halogens is 1. The van der Waals surface area contributed by atoms with Gasteiger partial charge in [0.05, 0.1) is 6.61 Å². The van der Waals surface area contributed by atoms with Crippen molar-refractivity contribution in [1.29, 1.82) is 0 Å². The van der Waals surface area contributed by atoms with Gasteiger partial charge in [0, 0.05) is 24.7 Å². The summed E-state index contributed by atoms with van der Waals surface area (Å²) in [6.07, 6.45) is 3.52. The van der Waals surface area contributed by atoms with Gasteiger partial charge >= 0.3 is 0 Å². The van der Waals surface area contributed by atoms with E-state index in [1.807, 2.05) is 0 Å². The van der Waals surface area contributed by atoms with Gasteiger partial charge in [-0.25, -0.2) is 0 Å². The number of likely N-dealkylation sites (tertiary alicyclic amines) is 1. The van der Waals surface area contributed by atoms with Crippen molar-refractivity contribution in [1.82, 2.24) is 10.2 Å². The van der Waals surface area contributed by atoms with Crippen molar-refractivity contribution >= 4 is 12.4 Å². The fourth-order valence-corrected chi connectivity index (χ4v) is 2.68. The third-order valence-corrected chi connectivity index (χ3v) is 3.80. The number of nitrogens with one attached hydrogen (secondary N) is 1. The number of hydrogen-bond donors (Lipinski definition) is 2. The maximum Gasteiger partial charge on any atom is 0.0615 e. The van der Waals surface area contributed by atoms with E-state index in [-0.39, 0.29) is 17.9 Å². The van der Waals surface area contributed by atoms with Crippen LogP contribution in [0.2, 0.25) is 0 Å². The number of aliphatic hydroxyl groups excluding tert-OH is 1. The fraction of sp³-hybridized carbons (Fsp3) is 1.00. The minimum absolute atomic E-state index is 0. The minimum Gasteiger partial charge on any atom is -0.394 e. The third kappa shape index (κ3) is 1.78. The summed E-state index contributed by atoms with van der Waals surface area (Å²) in [5.74, 6) is 0. The molecule has 0 amide bonds. The first-order valence-electron chi connectivity index (χ1n) is 5.41. The van der Waals surface area contributed by atoms with E-state index >= 15 is 0 Å². The third-order valence-electron chi connectivity index (χ3n) is 3.80. The number of rotatable bonds is 3. The van der Waals surface area contributed by atoms with Gasteiger partial charge in [-0.15, -0.1) is 12.4 Å². The highest BCUT2D eigenvalue weighted by atomic mass is 35.5. The maximum atomic E-state index is 9.49. The molecular formula is C10H21ClN2O. The van der Waals surface area contributed by atoms with Gasteiger partial charge in [-0.3, -0.25) is 4.90 Å². The Morgan fingerprint density at radius 2 is 2.21 bits per heavy atom. The van der Waals surface area contributed by atoms with Crippen LogP contribution in [0.15, 0.2) is 0 Å². The lowest BCUT2D eigenvalue weighted by Gasteiger charge is -2.45. The molecular weight excluding hydrogens is 200 g/mol. The Morgan fingerprint density at radius 1 is 1.50 bits per heavy atom. The largest absolute Gasteiger partial charge is 0.394 e. The summed E-state index contributed by atoms with van der Waals surface area (Å²) >= 11 is 0. The van der Waals surface area contributed by atoms with Crippen LogP contribution in [0, 0.1) is 0 Å². The second-order valence-corrected chi connectivity index (χ2v) is 4.35. The van der Waals surface area contributed by atoms with Crippen LogP contribution in [0.3, 0.4) is 0 Å². The molecule has 0 spiro atoms. The SMILES string of the molecule is CCC1(CO)CCCN1C1CNC1.Cl. The quantitative estimate of drug-likeness (QED) is 0.732. The van der Waals surface area contributed by atoms with E-state index in [0.717, 1.165) is 19.5 Å². The number of nitrogens with zero attached hydrogens (tertiary/aromatic N) is 1. The van der Waals surface area contributed by atoms with Crippen LogP contribution in [-0.2, 0) is 0 Å². The van der Waals surface area contributed by atoms with Crippen molar-refractivity contribution in [3.05, 3.63) is 0 Å². The average Bonchev–Trinajstić information content (AvgIpc) is 2.46. The lowest BCUT2D eigenvalue weighted by Crippen LogP contribution is -2.63. The van der Waals surface area contributed by atoms with E-state index in [0.29, 0.717) is 12.6 Å². The first kappa shape index (κ1) is 12.2. The molecule has 0 aromatic heterocycles. The molecule has 0 aromatic rings. The highest BCUT2D eigenvalue weighted by Gasteiger charge is 2.43. The Morgan fingerprint density at radius 3 is 2.64 bits per heavy atom. The van der Waals surface area contributed by atoms with Crippen molar-refractivity contribution in [2.45, 2.75) is 37.8 Å². The van der Waals surface area contributed by atoms with E-state index < -0.39 is 0 Å². The Kier molecular flexibility index (Phi) is 4.19. The molecule has 0 aliphatic carbocycles. The molecule has 1 unspecified atom stereocenters. The second-order valence-electron chi connectivity index (χ2n) is 4.35. The first-order valence-corrected chi connectivity index (χ1v) is 5.41. The molecule has 2 aliphatic heterocycles. The Hall–Kier alpha value is 0.170. The van der Waals surface area contributed by atoms with Crippen molar-refractivity contribution < 1.29 is 5.11 Å². The van der Waals surface area contributed by atoms with Crippen LogP contribution < -0.4 is 5.32 Å². The summed E-state index contributed by atoms with van der Waals surface area (Å²) in [7, 11) is 0. The molecule has 0 bridgehead atoms. The smallest absolute Gasteiger partial charge is 0.0615 e. The van der Waals surface area contributed by atoms with Crippen LogP contribution in [-0.4, -0.2) is 47.8 Å². The summed E-state index contributed by atoms with van der Waals surface area (Å²) in [4.78, 5) is 2.53. The Balaban J connectivity index is 0.000000980. The summed E-state index contributed by atoms with van der Waals surface area (Å²) in [5.41, 5.74) is 0.118. The molecule has 84 valence electrons. The van der Waals surface area contributed by atoms with Crippen LogP contribution >= 0.6 is 12.4 Å². The minimum atomic E-state index is 0. The molecule has 0 radical (unpaired) electrons. The standard InChI is InChI=1S/C10H20N2O.ClH/c1-2-10(8-13)4-3-5-12(10)9-6-11-7-9;/h9,11,13H,2-8H2,1H3;1H. The van der Waals surface area contributed by atoms with E-state index in [2.05, 4.69) is 17.1 Å². The van der Waals surface area contributed by atoms with E-state index in [4.69, 9.17) is 0 Å². The van der Waals surface area contributed by atoms with Crippen molar-refractivity contribution in [2.75, 3.05) is 26.2 Å². The molecule has 1 atom stereocenters. The number of hydrogen-bond acceptors (Lipinski definition) is 3. The molecule has 0 saturated carbocycles. The van der Waals surface area contributed by atoms with Gasteiger partial charge in [0.1, 0.15) is 0 Å². The first-order chi connectivity index (χ1) is 6.32. The summed E-state index contributed by atoms with van der Waals surface area (Å²) in [6, 6.07) is 0.689. The van der Waals surface area contributed by atoms with Crippen molar-refractivity contribution in [3.8, 4) is 0 Å². The van der Waals surface area contributed by atoms with Crippen LogP contribution in [0.4, 0.5) is 0 Å². The molecule has 2 N–H and O–H groups in total. The Bertz CT molecular complexity index is 181. The predicted molar refractivity (Wildman–Crippen MR) is 60.0 cm³/mol. The van der Waals surface area contributed by atoms with Gasteiger partial charge < -0.3 is 10.4 Å². The second kappa shape index (κ2) is 4.79. The van der Waals surface area contributed by atoms with Crippen molar-refractivity contribution in [2.24, 2.45) is 0 Å². The fourth-order valence-electron chi connectivity index (χ4n) is 2.68. The van der Waals surface area contributed by atoms with Gasteiger partial charge in [0.2, 0.25) is 0 Å². The van der Waals surface area contributed by atoms with Gasteiger partial charge in [0.25, 0.3) is 0 Å². The monoisotopic (exact) mass is 220 g/mol.